The van der Waals surface area contributed by atoms with Gasteiger partial charge < -0.3 is 13.7 Å². The molecule has 1 aromatic rings. The van der Waals surface area contributed by atoms with Crippen LogP contribution in [0.1, 0.15) is 31.1 Å². The van der Waals surface area contributed by atoms with Crippen LogP contribution in [0.2, 0.25) is 0 Å². The van der Waals surface area contributed by atoms with Crippen molar-refractivity contribution in [2.45, 2.75) is 38.6 Å². The fourth-order valence-corrected chi connectivity index (χ4v) is 3.18. The molecule has 0 amide bonds. The highest BCUT2D eigenvalue weighted by Crippen LogP contribution is 2.41. The molecule has 0 spiro atoms. The average Bonchev–Trinajstić information content (AvgIpc) is 2.97. The van der Waals surface area contributed by atoms with Crippen molar-refractivity contribution in [1.29, 1.82) is 0 Å². The lowest BCUT2D eigenvalue weighted by molar-refractivity contribution is -0.158. The predicted octanol–water partition coefficient (Wildman–Crippen LogP) is 4.63. The zero-order valence-corrected chi connectivity index (χ0v) is 15.4. The largest absolute Gasteiger partial charge is 0.479 e. The second-order valence-corrected chi connectivity index (χ2v) is 7.36. The molecule has 1 unspecified atom stereocenters. The van der Waals surface area contributed by atoms with E-state index in [1.54, 1.807) is 13.0 Å². The number of allylic oxidation sites excluding steroid dienone is 2. The van der Waals surface area contributed by atoms with Crippen LogP contribution in [0.5, 0.6) is 5.88 Å². The van der Waals surface area contributed by atoms with Gasteiger partial charge in [0.15, 0.2) is 12.0 Å². The number of carbonyl (C=O) groups excluding carboxylic acids is 1. The summed E-state index contributed by atoms with van der Waals surface area (Å²) < 4.78 is 56.2. The minimum atomic E-state index is -4.47. The molecule has 0 aromatic carbocycles. The molecule has 1 aromatic heterocycles. The molecule has 0 radical (unpaired) electrons. The van der Waals surface area contributed by atoms with Crippen LogP contribution in [0, 0.1) is 12.3 Å². The van der Waals surface area contributed by atoms with Gasteiger partial charge in [-0.05, 0) is 44.3 Å². The van der Waals surface area contributed by atoms with Gasteiger partial charge in [0.05, 0.1) is 6.61 Å². The Morgan fingerprint density at radius 1 is 1.48 bits per heavy atom. The molecule has 10 heteroatoms. The molecule has 140 valence electrons. The number of ether oxygens (including phenoxy) is 2. The number of alkyl halides is 3. The predicted molar refractivity (Wildman–Crippen MR) is 88.1 cm³/mol. The average molecular weight is 397 g/mol. The third kappa shape index (κ3) is 5.81. The van der Waals surface area contributed by atoms with Gasteiger partial charge in [0.25, 0.3) is 0 Å². The van der Waals surface area contributed by atoms with E-state index in [0.717, 1.165) is 4.88 Å². The second-order valence-electron chi connectivity index (χ2n) is 5.55. The van der Waals surface area contributed by atoms with Gasteiger partial charge in [0.2, 0.25) is 5.88 Å². The Bertz CT molecular complexity index is 633. The lowest BCUT2D eigenvalue weighted by atomic mass is 9.77. The number of halogens is 3. The molecule has 1 aliphatic rings. The number of aryl methyl sites for hydroxylation is 1. The second kappa shape index (κ2) is 8.31. The Hall–Kier alpha value is -1.42. The van der Waals surface area contributed by atoms with Gasteiger partial charge in [-0.1, -0.05) is 0 Å². The maximum atomic E-state index is 12.4. The van der Waals surface area contributed by atoms with E-state index < -0.39 is 28.9 Å². The van der Waals surface area contributed by atoms with Crippen molar-refractivity contribution in [2.75, 3.05) is 13.2 Å². The maximum Gasteiger partial charge on any atom is 0.479 e. The third-order valence-corrected chi connectivity index (χ3v) is 4.79. The zero-order valence-electron chi connectivity index (χ0n) is 13.7. The SMILES string of the molecule is CCOC(=O)C1(COc2cc(C)sn2)CC=C(OSC(F)(F)F)CC1. The first-order chi connectivity index (χ1) is 11.7. The van der Waals surface area contributed by atoms with E-state index in [9.17, 15) is 18.0 Å². The summed E-state index contributed by atoms with van der Waals surface area (Å²) in [5.74, 6) is 0.192. The molecule has 0 N–H and O–H groups in total. The van der Waals surface area contributed by atoms with Gasteiger partial charge in [-0.3, -0.25) is 4.79 Å². The summed E-state index contributed by atoms with van der Waals surface area (Å²) in [5, 5.41) is 0. The molecule has 2 rings (SSSR count). The van der Waals surface area contributed by atoms with Crippen molar-refractivity contribution in [3.63, 3.8) is 0 Å². The van der Waals surface area contributed by atoms with Gasteiger partial charge >= 0.3 is 11.5 Å². The van der Waals surface area contributed by atoms with Gasteiger partial charge in [0.1, 0.15) is 17.8 Å². The summed E-state index contributed by atoms with van der Waals surface area (Å²) >= 11 is 0.733. The molecule has 1 aliphatic carbocycles. The van der Waals surface area contributed by atoms with E-state index in [4.69, 9.17) is 13.7 Å². The first-order valence-electron chi connectivity index (χ1n) is 7.59. The summed E-state index contributed by atoms with van der Waals surface area (Å²) in [6.45, 7) is 3.85. The molecular formula is C15H18F3NO4S2. The first kappa shape index (κ1) is 19.9. The quantitative estimate of drug-likeness (QED) is 0.494. The molecule has 0 fully saturated rings. The van der Waals surface area contributed by atoms with E-state index in [1.807, 2.05) is 6.92 Å². The lowest BCUT2D eigenvalue weighted by Gasteiger charge is -2.33. The summed E-state index contributed by atoms with van der Waals surface area (Å²) in [5.41, 5.74) is -5.43. The Balaban J connectivity index is 2.04. The topological polar surface area (TPSA) is 57.7 Å². The molecule has 0 aliphatic heterocycles. The third-order valence-electron chi connectivity index (χ3n) is 3.62. The van der Waals surface area contributed by atoms with E-state index in [1.165, 1.54) is 17.6 Å². The number of hydrogen-bond donors (Lipinski definition) is 0. The highest BCUT2D eigenvalue weighted by Gasteiger charge is 2.43. The summed E-state index contributed by atoms with van der Waals surface area (Å²) in [7, 11) is 0. The van der Waals surface area contributed by atoms with Crippen molar-refractivity contribution in [2.24, 2.45) is 5.41 Å². The highest BCUT2D eigenvalue weighted by atomic mass is 32.2. The van der Waals surface area contributed by atoms with E-state index in [2.05, 4.69) is 4.37 Å². The van der Waals surface area contributed by atoms with Crippen LogP contribution in [0.25, 0.3) is 0 Å². The standard InChI is InChI=1S/C15H18F3NO4S2/c1-3-21-13(20)14(9-22-12-8-10(2)24-19-12)6-4-11(5-7-14)23-25-15(16,17)18/h4,8H,3,5-7,9H2,1-2H3. The molecule has 0 saturated carbocycles. The number of hydrogen-bond acceptors (Lipinski definition) is 7. The lowest BCUT2D eigenvalue weighted by Crippen LogP contribution is -2.40. The first-order valence-corrected chi connectivity index (χ1v) is 9.10. The molecular weight excluding hydrogens is 379 g/mol. The normalized spacial score (nSPS) is 20.8. The smallest absolute Gasteiger partial charge is 0.476 e. The van der Waals surface area contributed by atoms with Crippen LogP contribution in [-0.4, -0.2) is 29.1 Å². The van der Waals surface area contributed by atoms with Crippen LogP contribution in [-0.2, 0) is 13.7 Å². The van der Waals surface area contributed by atoms with Gasteiger partial charge in [-0.25, -0.2) is 0 Å². The van der Waals surface area contributed by atoms with Crippen molar-refractivity contribution in [1.82, 2.24) is 4.37 Å². The molecule has 25 heavy (non-hydrogen) atoms. The van der Waals surface area contributed by atoms with Crippen molar-refractivity contribution >= 4 is 29.5 Å². The highest BCUT2D eigenvalue weighted by molar-refractivity contribution is 7.95. The molecule has 5 nitrogen and oxygen atoms in total. The molecule has 1 heterocycles. The number of carbonyl (C=O) groups is 1. The summed E-state index contributed by atoms with van der Waals surface area (Å²) in [6.07, 6.45) is 2.15. The van der Waals surface area contributed by atoms with Crippen molar-refractivity contribution < 1.29 is 31.6 Å². The Morgan fingerprint density at radius 2 is 2.24 bits per heavy atom. The van der Waals surface area contributed by atoms with E-state index in [-0.39, 0.29) is 38.2 Å². The molecule has 0 saturated heterocycles. The van der Waals surface area contributed by atoms with Crippen molar-refractivity contribution in [3.05, 3.63) is 22.8 Å². The molecule has 0 bridgehead atoms. The number of aromatic nitrogens is 1. The monoisotopic (exact) mass is 397 g/mol. The minimum absolute atomic E-state index is 0.0468. The van der Waals surface area contributed by atoms with Gasteiger partial charge in [0, 0.05) is 17.4 Å². The zero-order chi connectivity index (χ0) is 18.5. The van der Waals surface area contributed by atoms with Crippen LogP contribution in [0.15, 0.2) is 17.9 Å². The van der Waals surface area contributed by atoms with Gasteiger partial charge in [-0.2, -0.15) is 17.5 Å². The maximum absolute atomic E-state index is 12.4. The number of nitrogens with zero attached hydrogens (tertiary/aromatic N) is 1. The van der Waals surface area contributed by atoms with E-state index in [0.29, 0.717) is 5.88 Å². The fourth-order valence-electron chi connectivity index (χ4n) is 2.34. The van der Waals surface area contributed by atoms with Crippen LogP contribution in [0.3, 0.4) is 0 Å². The van der Waals surface area contributed by atoms with Crippen LogP contribution < -0.4 is 4.74 Å². The number of rotatable bonds is 7. The Morgan fingerprint density at radius 3 is 2.76 bits per heavy atom. The number of esters is 1. The van der Waals surface area contributed by atoms with Gasteiger partial charge in [-0.15, -0.1) is 0 Å². The van der Waals surface area contributed by atoms with Crippen molar-refractivity contribution in [3.8, 4) is 5.88 Å². The van der Waals surface area contributed by atoms with Crippen LogP contribution >= 0.6 is 23.6 Å². The summed E-state index contributed by atoms with van der Waals surface area (Å²) in [6, 6.07) is 1.76. The van der Waals surface area contributed by atoms with E-state index >= 15 is 0 Å². The minimum Gasteiger partial charge on any atom is -0.476 e. The Labute approximate surface area is 151 Å². The summed E-state index contributed by atoms with van der Waals surface area (Å²) in [4.78, 5) is 13.4. The van der Waals surface area contributed by atoms with Crippen LogP contribution in [0.4, 0.5) is 13.2 Å². The molecule has 1 atom stereocenters. The fraction of sp³-hybridized carbons (Fsp3) is 0.600. The Kier molecular flexibility index (Phi) is 6.61.